The molecule has 0 radical (unpaired) electrons. The lowest BCUT2D eigenvalue weighted by atomic mass is 10.1. The van der Waals surface area contributed by atoms with Crippen LogP contribution < -0.4 is 4.90 Å². The molecule has 0 N–H and O–H groups in total. The van der Waals surface area contributed by atoms with Gasteiger partial charge in [-0.05, 0) is 45.2 Å². The van der Waals surface area contributed by atoms with Crippen molar-refractivity contribution in [3.63, 3.8) is 0 Å². The van der Waals surface area contributed by atoms with Gasteiger partial charge >= 0.3 is 0 Å². The number of carbonyl (C=O) groups is 1. The van der Waals surface area contributed by atoms with Crippen molar-refractivity contribution in [3.05, 3.63) is 24.0 Å². The Morgan fingerprint density at radius 3 is 2.77 bits per heavy atom. The Labute approximate surface area is 133 Å². The molecule has 1 aromatic heterocycles. The minimum atomic E-state index is -0.0205. The predicted octanol–water partition coefficient (Wildman–Crippen LogP) is 2.57. The molecule has 0 aliphatic carbocycles. The normalized spacial score (nSPS) is 18.3. The first kappa shape index (κ1) is 16.7. The van der Waals surface area contributed by atoms with Gasteiger partial charge in [0.05, 0.1) is 6.10 Å². The summed E-state index contributed by atoms with van der Waals surface area (Å²) in [6.07, 6.45) is 5.18. The Morgan fingerprint density at radius 2 is 2.18 bits per heavy atom. The minimum absolute atomic E-state index is 0.0205. The van der Waals surface area contributed by atoms with E-state index in [9.17, 15) is 4.79 Å². The summed E-state index contributed by atoms with van der Waals surface area (Å²) in [6, 6.07) is 3.88. The summed E-state index contributed by atoms with van der Waals surface area (Å²) in [4.78, 5) is 20.9. The number of hydrogen-bond donors (Lipinski definition) is 0. The lowest BCUT2D eigenvalue weighted by Gasteiger charge is -2.32. The minimum Gasteiger partial charge on any atom is -0.378 e. The molecule has 5 heteroatoms. The molecule has 1 amide bonds. The Hall–Kier alpha value is -1.62. The smallest absolute Gasteiger partial charge is 0.272 e. The van der Waals surface area contributed by atoms with E-state index < -0.39 is 0 Å². The van der Waals surface area contributed by atoms with E-state index in [1.165, 1.54) is 6.42 Å². The molecule has 2 heterocycles. The highest BCUT2D eigenvalue weighted by molar-refractivity contribution is 5.93. The van der Waals surface area contributed by atoms with Crippen LogP contribution in [0.1, 0.15) is 43.6 Å². The number of ether oxygens (including phenoxy) is 1. The molecule has 1 unspecified atom stereocenters. The zero-order valence-electron chi connectivity index (χ0n) is 14.1. The van der Waals surface area contributed by atoms with Crippen LogP contribution in [0.25, 0.3) is 0 Å². The highest BCUT2D eigenvalue weighted by Crippen LogP contribution is 2.18. The second-order valence-electron chi connectivity index (χ2n) is 6.33. The lowest BCUT2D eigenvalue weighted by Crippen LogP contribution is -2.44. The van der Waals surface area contributed by atoms with E-state index in [-0.39, 0.29) is 18.1 Å². The van der Waals surface area contributed by atoms with E-state index in [0.717, 1.165) is 25.1 Å². The molecule has 1 fully saturated rings. The van der Waals surface area contributed by atoms with Gasteiger partial charge in [-0.15, -0.1) is 0 Å². The van der Waals surface area contributed by atoms with Crippen LogP contribution in [0.2, 0.25) is 0 Å². The van der Waals surface area contributed by atoms with Crippen LogP contribution in [-0.4, -0.2) is 55.2 Å². The van der Waals surface area contributed by atoms with Gasteiger partial charge in [0.15, 0.2) is 0 Å². The number of pyridine rings is 1. The van der Waals surface area contributed by atoms with E-state index in [1.807, 2.05) is 49.9 Å². The van der Waals surface area contributed by atoms with Crippen molar-refractivity contribution in [2.75, 3.05) is 32.1 Å². The maximum atomic E-state index is 12.8. The van der Waals surface area contributed by atoms with Gasteiger partial charge < -0.3 is 14.5 Å². The fraction of sp³-hybridized carbons (Fsp3) is 0.647. The first-order valence-corrected chi connectivity index (χ1v) is 8.05. The Morgan fingerprint density at radius 1 is 1.41 bits per heavy atom. The van der Waals surface area contributed by atoms with Crippen LogP contribution in [-0.2, 0) is 4.74 Å². The second-order valence-corrected chi connectivity index (χ2v) is 6.33. The average molecular weight is 305 g/mol. The standard InChI is InChI=1S/C17H27N3O2/c1-13(2)20(12-15-7-5-6-10-22-15)17(21)16-11-14(19(3)4)8-9-18-16/h8-9,11,13,15H,5-7,10,12H2,1-4H3. The summed E-state index contributed by atoms with van der Waals surface area (Å²) in [5.41, 5.74) is 1.48. The average Bonchev–Trinajstić information content (AvgIpc) is 2.53. The SMILES string of the molecule is CC(C)N(CC1CCCCO1)C(=O)c1cc(N(C)C)ccn1. The van der Waals surface area contributed by atoms with Crippen molar-refractivity contribution in [1.29, 1.82) is 0 Å². The van der Waals surface area contributed by atoms with E-state index in [2.05, 4.69) is 4.98 Å². The van der Waals surface area contributed by atoms with Crippen LogP contribution in [0, 0.1) is 0 Å². The summed E-state index contributed by atoms with van der Waals surface area (Å²) in [5, 5.41) is 0. The van der Waals surface area contributed by atoms with Crippen LogP contribution in [0.3, 0.4) is 0 Å². The number of amides is 1. The van der Waals surface area contributed by atoms with Crippen LogP contribution in [0.5, 0.6) is 0 Å². The molecule has 1 atom stereocenters. The summed E-state index contributed by atoms with van der Waals surface area (Å²) in [6.45, 7) is 5.52. The fourth-order valence-corrected chi connectivity index (χ4v) is 2.66. The van der Waals surface area contributed by atoms with E-state index in [1.54, 1.807) is 6.20 Å². The quantitative estimate of drug-likeness (QED) is 0.839. The first-order valence-electron chi connectivity index (χ1n) is 8.05. The number of nitrogens with zero attached hydrogens (tertiary/aromatic N) is 3. The molecule has 0 bridgehead atoms. The molecule has 1 saturated heterocycles. The third kappa shape index (κ3) is 4.19. The van der Waals surface area contributed by atoms with Gasteiger partial charge in [-0.3, -0.25) is 9.78 Å². The molecule has 0 spiro atoms. The van der Waals surface area contributed by atoms with Crippen molar-refractivity contribution in [1.82, 2.24) is 9.88 Å². The van der Waals surface area contributed by atoms with E-state index in [0.29, 0.717) is 12.2 Å². The summed E-state index contributed by atoms with van der Waals surface area (Å²) < 4.78 is 5.78. The third-order valence-electron chi connectivity index (χ3n) is 4.04. The molecule has 0 aromatic carbocycles. The number of carbonyl (C=O) groups excluding carboxylic acids is 1. The van der Waals surface area contributed by atoms with Crippen molar-refractivity contribution in [2.24, 2.45) is 0 Å². The molecule has 1 aliphatic rings. The van der Waals surface area contributed by atoms with Crippen molar-refractivity contribution in [2.45, 2.75) is 45.3 Å². The molecule has 0 saturated carbocycles. The topological polar surface area (TPSA) is 45.7 Å². The number of rotatable bonds is 5. The Balaban J connectivity index is 2.13. The molecule has 1 aliphatic heterocycles. The molecule has 122 valence electrons. The predicted molar refractivity (Wildman–Crippen MR) is 88.3 cm³/mol. The molecule has 2 rings (SSSR count). The van der Waals surface area contributed by atoms with Gasteiger partial charge in [-0.1, -0.05) is 0 Å². The zero-order chi connectivity index (χ0) is 16.1. The third-order valence-corrected chi connectivity index (χ3v) is 4.04. The lowest BCUT2D eigenvalue weighted by molar-refractivity contribution is -0.00843. The van der Waals surface area contributed by atoms with Crippen molar-refractivity contribution in [3.8, 4) is 0 Å². The molecule has 5 nitrogen and oxygen atoms in total. The van der Waals surface area contributed by atoms with Gasteiger partial charge in [0, 0.05) is 45.2 Å². The maximum Gasteiger partial charge on any atom is 0.272 e. The van der Waals surface area contributed by atoms with Crippen molar-refractivity contribution < 1.29 is 9.53 Å². The number of anilines is 1. The first-order chi connectivity index (χ1) is 10.5. The Bertz CT molecular complexity index is 496. The molecule has 1 aromatic rings. The second kappa shape index (κ2) is 7.58. The highest BCUT2D eigenvalue weighted by Gasteiger charge is 2.25. The van der Waals surface area contributed by atoms with E-state index in [4.69, 9.17) is 4.74 Å². The van der Waals surface area contributed by atoms with Gasteiger partial charge in [0.1, 0.15) is 5.69 Å². The van der Waals surface area contributed by atoms with Crippen molar-refractivity contribution >= 4 is 11.6 Å². The molecular formula is C17H27N3O2. The van der Waals surface area contributed by atoms with Gasteiger partial charge in [-0.25, -0.2) is 0 Å². The zero-order valence-corrected chi connectivity index (χ0v) is 14.1. The van der Waals surface area contributed by atoms with Gasteiger partial charge in [0.2, 0.25) is 0 Å². The van der Waals surface area contributed by atoms with Crippen LogP contribution in [0.4, 0.5) is 5.69 Å². The maximum absolute atomic E-state index is 12.8. The highest BCUT2D eigenvalue weighted by atomic mass is 16.5. The summed E-state index contributed by atoms with van der Waals surface area (Å²) >= 11 is 0. The van der Waals surface area contributed by atoms with Gasteiger partial charge in [-0.2, -0.15) is 0 Å². The molecular weight excluding hydrogens is 278 g/mol. The fourth-order valence-electron chi connectivity index (χ4n) is 2.66. The van der Waals surface area contributed by atoms with E-state index >= 15 is 0 Å². The number of hydrogen-bond acceptors (Lipinski definition) is 4. The monoisotopic (exact) mass is 305 g/mol. The van der Waals surface area contributed by atoms with Crippen LogP contribution >= 0.6 is 0 Å². The Kier molecular flexibility index (Phi) is 5.77. The summed E-state index contributed by atoms with van der Waals surface area (Å²) in [5.74, 6) is -0.0205. The summed E-state index contributed by atoms with van der Waals surface area (Å²) in [7, 11) is 3.92. The van der Waals surface area contributed by atoms with Gasteiger partial charge in [0.25, 0.3) is 5.91 Å². The molecule has 22 heavy (non-hydrogen) atoms. The largest absolute Gasteiger partial charge is 0.378 e. The number of aromatic nitrogens is 1. The van der Waals surface area contributed by atoms with Crippen LogP contribution in [0.15, 0.2) is 18.3 Å².